The standard InChI is InChI=1S/4C2H5.4Ca.O4Si/c4*1-2;;;;;1-5(2,3)4/h4*1H2,2H3;;;;;/q;;;;4*+1;-4. The van der Waals surface area contributed by atoms with Crippen LogP contribution in [0.3, 0.4) is 0 Å². The van der Waals surface area contributed by atoms with Crippen molar-refractivity contribution in [3.8, 4) is 0 Å². The van der Waals surface area contributed by atoms with Crippen molar-refractivity contribution in [2.45, 2.75) is 37.8 Å². The Labute approximate surface area is 203 Å². The molecule has 0 aromatic heterocycles. The average Bonchev–Trinajstić information content (AvgIpc) is 2.04. The summed E-state index contributed by atoms with van der Waals surface area (Å²) in [6, 6.07) is 0. The van der Waals surface area contributed by atoms with E-state index in [0.717, 1.165) is 0 Å². The quantitative estimate of drug-likeness (QED) is 0.433. The first-order valence-electron chi connectivity index (χ1n) is 5.64. The normalized spacial score (nSPS) is 8.00. The van der Waals surface area contributed by atoms with Crippen molar-refractivity contribution in [2.75, 3.05) is 0 Å². The molecule has 17 heavy (non-hydrogen) atoms. The van der Waals surface area contributed by atoms with Crippen LogP contribution in [0.4, 0.5) is 0 Å². The van der Waals surface area contributed by atoms with Gasteiger partial charge in [-0.2, -0.15) is 0 Å². The monoisotopic (exact) mass is 368 g/mol. The van der Waals surface area contributed by atoms with Crippen LogP contribution in [0.1, 0.15) is 27.7 Å². The Hall–Kier alpha value is 5.10. The maximum atomic E-state index is 8.58. The van der Waals surface area contributed by atoms with E-state index in [-0.39, 0.29) is 0 Å². The Morgan fingerprint density at radius 1 is 0.588 bits per heavy atom. The van der Waals surface area contributed by atoms with E-state index in [4.69, 9.17) is 19.2 Å². The second-order valence-corrected chi connectivity index (χ2v) is 9.75. The predicted molar refractivity (Wildman–Crippen MR) is 70.7 cm³/mol. The molecule has 0 aromatic carbocycles. The molecule has 0 saturated carbocycles. The second kappa shape index (κ2) is 37.4. The summed E-state index contributed by atoms with van der Waals surface area (Å²) in [4.78, 5) is 34.3. The fourth-order valence-electron chi connectivity index (χ4n) is 0. The number of hydrogen-bond donors (Lipinski definition) is 0. The van der Waals surface area contributed by atoms with E-state index in [1.807, 2.05) is 0 Å². The fourth-order valence-corrected chi connectivity index (χ4v) is 0. The maximum absolute atomic E-state index is 8.58. The minimum Gasteiger partial charge on any atom is -0.894 e. The van der Waals surface area contributed by atoms with Gasteiger partial charge in [-0.25, -0.2) is 0 Å². The zero-order valence-corrected chi connectivity index (χ0v) is 21.6. The Bertz CT molecular complexity index is 72.4. The van der Waals surface area contributed by atoms with Crippen LogP contribution in [0.15, 0.2) is 0 Å². The summed E-state index contributed by atoms with van der Waals surface area (Å²) in [6.07, 6.45) is 0. The third-order valence-corrected chi connectivity index (χ3v) is 0. The molecule has 0 N–H and O–H groups in total. The zero-order chi connectivity index (χ0) is 15.3. The minimum absolute atomic E-state index is 1.38. The van der Waals surface area contributed by atoms with E-state index >= 15 is 0 Å². The SMILES string of the molecule is C[CH2][Ca+].C[CH2][Ca+].C[CH2][Ca+].C[CH2][Ca+].[O-][Si]([O-])([O-])[O-]. The summed E-state index contributed by atoms with van der Waals surface area (Å²) < 4.78 is 5.50. The molecule has 0 fully saturated rings. The molecular formula is C8H20Ca4O4Si. The molecule has 0 aliphatic heterocycles. The van der Waals surface area contributed by atoms with Gasteiger partial charge in [-0.1, -0.05) is 0 Å². The maximum Gasteiger partial charge on any atom is -0.426 e. The summed E-state index contributed by atoms with van der Waals surface area (Å²) in [7, 11) is -5.61. The van der Waals surface area contributed by atoms with Gasteiger partial charge in [0, 0.05) is 0 Å². The molecule has 9 heteroatoms. The van der Waals surface area contributed by atoms with Crippen LogP contribution < -0.4 is 19.2 Å². The molecule has 0 unspecified atom stereocenters. The summed E-state index contributed by atoms with van der Waals surface area (Å²) in [6.45, 7) is 8.72. The summed E-state index contributed by atoms with van der Waals surface area (Å²) >= 11 is 5.78. The van der Waals surface area contributed by atoms with E-state index in [0.29, 0.717) is 0 Å². The van der Waals surface area contributed by atoms with E-state index in [1.165, 1.54) is 153 Å². The van der Waals surface area contributed by atoms with Crippen molar-refractivity contribution < 1.29 is 19.2 Å². The molecule has 0 amide bonds. The van der Waals surface area contributed by atoms with Gasteiger partial charge in [0.2, 0.25) is 0 Å². The van der Waals surface area contributed by atoms with Crippen LogP contribution in [0.5, 0.6) is 0 Å². The minimum atomic E-state index is -5.61. The molecule has 0 spiro atoms. The molecule has 0 atom stereocenters. The first-order valence-corrected chi connectivity index (χ1v) is 13.5. The Morgan fingerprint density at radius 3 is 0.588 bits per heavy atom. The summed E-state index contributed by atoms with van der Waals surface area (Å²) in [5.41, 5.74) is 0. The largest absolute Gasteiger partial charge is 0.894 e. The zero-order valence-electron chi connectivity index (χ0n) is 11.8. The van der Waals surface area contributed by atoms with Crippen molar-refractivity contribution >= 4 is 152 Å². The van der Waals surface area contributed by atoms with Gasteiger partial charge in [0.1, 0.15) is 0 Å². The van der Waals surface area contributed by atoms with Crippen molar-refractivity contribution in [2.24, 2.45) is 0 Å². The van der Waals surface area contributed by atoms with Crippen molar-refractivity contribution in [1.82, 2.24) is 0 Å². The van der Waals surface area contributed by atoms with Crippen LogP contribution in [0.25, 0.3) is 0 Å². The number of rotatable bonds is 0. The first kappa shape index (κ1) is 33.6. The Morgan fingerprint density at radius 2 is 0.588 bits per heavy atom. The first-order chi connectivity index (χ1) is 7.66. The van der Waals surface area contributed by atoms with Gasteiger partial charge >= 0.3 is 181 Å². The predicted octanol–water partition coefficient (Wildman–Crippen LogP) is -2.76. The third-order valence-electron chi connectivity index (χ3n) is 0. The second-order valence-electron chi connectivity index (χ2n) is 2.50. The van der Waals surface area contributed by atoms with Gasteiger partial charge < -0.3 is 28.2 Å². The van der Waals surface area contributed by atoms with E-state index in [9.17, 15) is 0 Å². The van der Waals surface area contributed by atoms with Crippen molar-refractivity contribution in [1.29, 1.82) is 0 Å². The molecule has 0 aromatic rings. The van der Waals surface area contributed by atoms with E-state index < -0.39 is 9.05 Å². The summed E-state index contributed by atoms with van der Waals surface area (Å²) in [5, 5.41) is 0. The Balaban J connectivity index is -0.0000000362. The van der Waals surface area contributed by atoms with E-state index in [1.54, 1.807) is 0 Å². The molecule has 0 aliphatic rings. The fraction of sp³-hybridized carbons (Fsp3) is 1.00. The average molecular weight is 369 g/mol. The molecule has 0 radical (unpaired) electrons. The summed E-state index contributed by atoms with van der Waals surface area (Å²) in [5.74, 6) is 0. The molecule has 0 bridgehead atoms. The molecular weight excluding hydrogens is 348 g/mol. The molecule has 0 heterocycles. The third kappa shape index (κ3) is 296. The van der Waals surface area contributed by atoms with Crippen molar-refractivity contribution in [3.05, 3.63) is 0 Å². The van der Waals surface area contributed by atoms with Gasteiger partial charge in [-0.3, -0.25) is 0 Å². The molecule has 0 aliphatic carbocycles. The molecule has 88 valence electrons. The molecule has 0 rings (SSSR count). The van der Waals surface area contributed by atoms with Gasteiger partial charge in [0.05, 0.1) is 0 Å². The van der Waals surface area contributed by atoms with Gasteiger partial charge in [0.15, 0.2) is 0 Å². The van der Waals surface area contributed by atoms with Gasteiger partial charge in [-0.05, 0) is 0 Å². The molecule has 0 saturated heterocycles. The smallest absolute Gasteiger partial charge is 0.426 e. The Kier molecular flexibility index (Phi) is 74.0. The topological polar surface area (TPSA) is 92.2 Å². The van der Waals surface area contributed by atoms with Gasteiger partial charge in [-0.15, -0.1) is 0 Å². The van der Waals surface area contributed by atoms with Crippen molar-refractivity contribution in [3.63, 3.8) is 0 Å². The van der Waals surface area contributed by atoms with Crippen LogP contribution >= 0.6 is 0 Å². The van der Waals surface area contributed by atoms with E-state index in [2.05, 4.69) is 27.7 Å². The van der Waals surface area contributed by atoms with Crippen LogP contribution in [0.2, 0.25) is 10.1 Å². The van der Waals surface area contributed by atoms with Crippen LogP contribution in [-0.2, 0) is 0 Å². The number of hydrogen-bond acceptors (Lipinski definition) is 4. The molecule has 4 nitrogen and oxygen atoms in total. The van der Waals surface area contributed by atoms with Crippen LogP contribution in [0, 0.1) is 0 Å². The van der Waals surface area contributed by atoms with Gasteiger partial charge in [0.25, 0.3) is 0 Å². The van der Waals surface area contributed by atoms with Crippen LogP contribution in [-0.4, -0.2) is 152 Å².